The van der Waals surface area contributed by atoms with Crippen molar-refractivity contribution in [1.29, 1.82) is 0 Å². The molecule has 2 unspecified atom stereocenters. The quantitative estimate of drug-likeness (QED) is 0.290. The van der Waals surface area contributed by atoms with Crippen molar-refractivity contribution in [3.63, 3.8) is 0 Å². The highest BCUT2D eigenvalue weighted by Gasteiger charge is 2.40. The van der Waals surface area contributed by atoms with Gasteiger partial charge in [-0.2, -0.15) is 4.98 Å². The van der Waals surface area contributed by atoms with Crippen LogP contribution >= 0.6 is 11.6 Å². The minimum atomic E-state index is 0.0763. The number of furan rings is 1. The van der Waals surface area contributed by atoms with E-state index in [0.717, 1.165) is 27.6 Å². The van der Waals surface area contributed by atoms with Gasteiger partial charge in [0.2, 0.25) is 0 Å². The van der Waals surface area contributed by atoms with Gasteiger partial charge in [-0.05, 0) is 28.1 Å². The molecule has 0 radical (unpaired) electrons. The second kappa shape index (κ2) is 6.52. The van der Waals surface area contributed by atoms with Crippen molar-refractivity contribution in [3.8, 4) is 0 Å². The number of benzene rings is 4. The summed E-state index contributed by atoms with van der Waals surface area (Å²) in [6.07, 6.45) is 4.69. The average Bonchev–Trinajstić information content (AvgIpc) is 3.54. The van der Waals surface area contributed by atoms with Crippen LogP contribution in [0.25, 0.3) is 45.2 Å². The molecule has 1 aliphatic carbocycles. The molecule has 5 heteroatoms. The molecule has 3 heterocycles. The SMILES string of the molecule is Clc1cc2oc(N3c4ccccc4C4C=c5ccccc5=CC43)nc2c2c1oc1ccccc12. The van der Waals surface area contributed by atoms with Gasteiger partial charge in [-0.3, -0.25) is 4.90 Å². The summed E-state index contributed by atoms with van der Waals surface area (Å²) in [5.41, 5.74) is 5.23. The molecule has 162 valence electrons. The van der Waals surface area contributed by atoms with E-state index >= 15 is 0 Å². The van der Waals surface area contributed by atoms with Gasteiger partial charge in [0.1, 0.15) is 11.1 Å². The van der Waals surface area contributed by atoms with Gasteiger partial charge in [-0.25, -0.2) is 0 Å². The largest absolute Gasteiger partial charge is 0.454 e. The van der Waals surface area contributed by atoms with Gasteiger partial charge in [-0.15, -0.1) is 0 Å². The fraction of sp³-hybridized carbons (Fsp3) is 0.0690. The predicted octanol–water partition coefficient (Wildman–Crippen LogP) is 6.26. The Hall–Kier alpha value is -4.02. The highest BCUT2D eigenvalue weighted by atomic mass is 35.5. The summed E-state index contributed by atoms with van der Waals surface area (Å²) in [4.78, 5) is 7.26. The lowest BCUT2D eigenvalue weighted by atomic mass is 9.89. The Balaban J connectivity index is 1.41. The van der Waals surface area contributed by atoms with Crippen LogP contribution in [0, 0.1) is 0 Å². The van der Waals surface area contributed by atoms with E-state index < -0.39 is 0 Å². The molecule has 0 fully saturated rings. The lowest BCUT2D eigenvalue weighted by Crippen LogP contribution is -2.38. The second-order valence-electron chi connectivity index (χ2n) is 8.91. The maximum Gasteiger partial charge on any atom is 0.303 e. The van der Waals surface area contributed by atoms with Crippen LogP contribution in [0.5, 0.6) is 0 Å². The zero-order valence-corrected chi connectivity index (χ0v) is 18.7. The predicted molar refractivity (Wildman–Crippen MR) is 136 cm³/mol. The number of aromatic nitrogens is 1. The lowest BCUT2D eigenvalue weighted by molar-refractivity contribution is 0.583. The zero-order valence-electron chi connectivity index (χ0n) is 17.9. The Labute approximate surface area is 199 Å². The number of fused-ring (bicyclic) bond motifs is 9. The van der Waals surface area contributed by atoms with E-state index in [1.165, 1.54) is 16.0 Å². The summed E-state index contributed by atoms with van der Waals surface area (Å²) in [6.45, 7) is 0. The van der Waals surface area contributed by atoms with Gasteiger partial charge in [0.05, 0.1) is 16.5 Å². The molecule has 0 bridgehead atoms. The number of halogens is 1. The first-order valence-corrected chi connectivity index (χ1v) is 11.7. The minimum Gasteiger partial charge on any atom is -0.454 e. The topological polar surface area (TPSA) is 42.4 Å². The maximum atomic E-state index is 6.62. The van der Waals surface area contributed by atoms with Crippen molar-refractivity contribution in [2.45, 2.75) is 12.0 Å². The van der Waals surface area contributed by atoms with Gasteiger partial charge in [0, 0.05) is 23.1 Å². The summed E-state index contributed by atoms with van der Waals surface area (Å²) in [5, 5.41) is 4.88. The molecule has 2 atom stereocenters. The Morgan fingerprint density at radius 1 is 0.794 bits per heavy atom. The number of hydrogen-bond acceptors (Lipinski definition) is 4. The summed E-state index contributed by atoms with van der Waals surface area (Å²) in [6, 6.07) is 27.4. The number of anilines is 2. The normalized spacial score (nSPS) is 18.6. The molecule has 0 spiro atoms. The third kappa shape index (κ3) is 2.36. The van der Waals surface area contributed by atoms with E-state index in [0.29, 0.717) is 22.2 Å². The molecule has 34 heavy (non-hydrogen) atoms. The number of para-hydroxylation sites is 2. The Morgan fingerprint density at radius 3 is 2.47 bits per heavy atom. The zero-order chi connectivity index (χ0) is 22.4. The minimum absolute atomic E-state index is 0.0763. The van der Waals surface area contributed by atoms with Crippen LogP contribution in [-0.2, 0) is 0 Å². The second-order valence-corrected chi connectivity index (χ2v) is 9.32. The smallest absolute Gasteiger partial charge is 0.303 e. The molecule has 1 aliphatic heterocycles. The van der Waals surface area contributed by atoms with E-state index in [1.54, 1.807) is 0 Å². The first kappa shape index (κ1) is 18.4. The highest BCUT2D eigenvalue weighted by molar-refractivity contribution is 6.38. The first-order valence-electron chi connectivity index (χ1n) is 11.3. The van der Waals surface area contributed by atoms with Crippen molar-refractivity contribution in [1.82, 2.24) is 4.98 Å². The summed E-state index contributed by atoms with van der Waals surface area (Å²) in [5.74, 6) is 0.222. The van der Waals surface area contributed by atoms with Crippen LogP contribution in [0.1, 0.15) is 11.5 Å². The number of nitrogens with zero attached hydrogens (tertiary/aromatic N) is 2. The van der Waals surface area contributed by atoms with Crippen LogP contribution in [-0.4, -0.2) is 11.0 Å². The molecule has 2 aliphatic rings. The molecule has 0 amide bonds. The molecule has 0 saturated carbocycles. The number of oxazole rings is 1. The van der Waals surface area contributed by atoms with Crippen LogP contribution in [0.3, 0.4) is 0 Å². The Morgan fingerprint density at radius 2 is 1.56 bits per heavy atom. The van der Waals surface area contributed by atoms with Crippen LogP contribution < -0.4 is 15.3 Å². The fourth-order valence-electron chi connectivity index (χ4n) is 5.61. The molecule has 0 N–H and O–H groups in total. The Kier molecular flexibility index (Phi) is 3.53. The first-order chi connectivity index (χ1) is 16.8. The molecule has 2 aromatic heterocycles. The standard InChI is InChI=1S/C29H17ClN2O2/c30-21-15-25-27(26-19-10-4-6-12-24(19)33-28(21)26)31-29(34-25)32-22-11-5-3-9-18(22)20-13-16-7-1-2-8-17(16)14-23(20)32/h1-15,20,23H. The molecule has 6 aromatic rings. The maximum absolute atomic E-state index is 6.62. The third-order valence-corrected chi connectivity index (χ3v) is 7.36. The van der Waals surface area contributed by atoms with Crippen LogP contribution in [0.15, 0.2) is 87.7 Å². The lowest BCUT2D eigenvalue weighted by Gasteiger charge is -2.25. The van der Waals surface area contributed by atoms with Crippen LogP contribution in [0.2, 0.25) is 5.02 Å². The van der Waals surface area contributed by atoms with Crippen molar-refractivity contribution in [2.24, 2.45) is 0 Å². The van der Waals surface area contributed by atoms with Crippen molar-refractivity contribution >= 4 is 68.5 Å². The van der Waals surface area contributed by atoms with Gasteiger partial charge in [0.25, 0.3) is 0 Å². The average molecular weight is 461 g/mol. The molecule has 4 aromatic carbocycles. The highest BCUT2D eigenvalue weighted by Crippen LogP contribution is 2.48. The van der Waals surface area contributed by atoms with Gasteiger partial charge >= 0.3 is 6.01 Å². The molecule has 8 rings (SSSR count). The fourth-order valence-corrected chi connectivity index (χ4v) is 5.84. The molecular formula is C29H17ClN2O2. The van der Waals surface area contributed by atoms with Gasteiger partial charge in [-0.1, -0.05) is 84.4 Å². The van der Waals surface area contributed by atoms with E-state index in [9.17, 15) is 0 Å². The number of hydrogen-bond donors (Lipinski definition) is 0. The summed E-state index contributed by atoms with van der Waals surface area (Å²) in [7, 11) is 0. The van der Waals surface area contributed by atoms with Gasteiger partial charge in [0.15, 0.2) is 11.2 Å². The summed E-state index contributed by atoms with van der Waals surface area (Å²) >= 11 is 6.62. The summed E-state index contributed by atoms with van der Waals surface area (Å²) < 4.78 is 12.5. The van der Waals surface area contributed by atoms with Crippen LogP contribution in [0.4, 0.5) is 11.7 Å². The molecule has 0 saturated heterocycles. The van der Waals surface area contributed by atoms with E-state index in [-0.39, 0.29) is 12.0 Å². The monoisotopic (exact) mass is 460 g/mol. The van der Waals surface area contributed by atoms with E-state index in [1.807, 2.05) is 30.3 Å². The van der Waals surface area contributed by atoms with Crippen molar-refractivity contribution < 1.29 is 8.83 Å². The van der Waals surface area contributed by atoms with Crippen molar-refractivity contribution in [2.75, 3.05) is 4.90 Å². The third-order valence-electron chi connectivity index (χ3n) is 7.08. The Bertz CT molecular complexity index is 1920. The molecular weight excluding hydrogens is 444 g/mol. The van der Waals surface area contributed by atoms with E-state index in [2.05, 4.69) is 65.6 Å². The number of rotatable bonds is 1. The molecule has 4 nitrogen and oxygen atoms in total. The van der Waals surface area contributed by atoms with Crippen molar-refractivity contribution in [3.05, 3.63) is 99.9 Å². The van der Waals surface area contributed by atoms with Gasteiger partial charge < -0.3 is 8.83 Å². The van der Waals surface area contributed by atoms with E-state index in [4.69, 9.17) is 25.4 Å².